The topological polar surface area (TPSA) is 54.4 Å². The first-order valence-corrected chi connectivity index (χ1v) is 9.75. The maximum absolute atomic E-state index is 15.6. The zero-order valence-electron chi connectivity index (χ0n) is 15.5. The summed E-state index contributed by atoms with van der Waals surface area (Å²) in [6.45, 7) is 5.53. The van der Waals surface area contributed by atoms with E-state index in [2.05, 4.69) is 6.92 Å². The van der Waals surface area contributed by atoms with Crippen molar-refractivity contribution in [3.05, 3.63) is 11.6 Å². The summed E-state index contributed by atoms with van der Waals surface area (Å²) in [5.41, 5.74) is -1.15. The first-order valence-electron chi connectivity index (χ1n) is 9.75. The van der Waals surface area contributed by atoms with Crippen LogP contribution < -0.4 is 0 Å². The van der Waals surface area contributed by atoms with Gasteiger partial charge >= 0.3 is 0 Å². The highest BCUT2D eigenvalue weighted by Crippen LogP contribution is 2.68. The highest BCUT2D eigenvalue weighted by Gasteiger charge is 2.68. The molecule has 3 nitrogen and oxygen atoms in total. The molecule has 3 fully saturated rings. The normalized spacial score (nSPS) is 52.0. The summed E-state index contributed by atoms with van der Waals surface area (Å²) in [6, 6.07) is 0. The number of hydrogen-bond donors (Lipinski definition) is 1. The van der Waals surface area contributed by atoms with Gasteiger partial charge in [-0.15, -0.1) is 0 Å². The number of allylic oxidation sites excluding steroid dienone is 1. The van der Waals surface area contributed by atoms with Crippen LogP contribution >= 0.6 is 0 Å². The number of ketones is 2. The molecule has 1 N–H and O–H groups in total. The third kappa shape index (κ3) is 2.06. The van der Waals surface area contributed by atoms with Crippen LogP contribution in [0, 0.1) is 28.6 Å². The Balaban J connectivity index is 1.75. The van der Waals surface area contributed by atoms with Gasteiger partial charge in [0, 0.05) is 17.8 Å². The van der Waals surface area contributed by atoms with E-state index in [1.54, 1.807) is 6.08 Å². The molecule has 138 valence electrons. The van der Waals surface area contributed by atoms with E-state index in [-0.39, 0.29) is 41.2 Å². The zero-order chi connectivity index (χ0) is 18.2. The van der Waals surface area contributed by atoms with Crippen LogP contribution in [0.4, 0.5) is 4.39 Å². The molecule has 4 aliphatic carbocycles. The molecule has 0 aromatic carbocycles. The lowest BCUT2D eigenvalue weighted by atomic mass is 9.45. The van der Waals surface area contributed by atoms with E-state index >= 15 is 4.39 Å². The first kappa shape index (κ1) is 17.4. The molecule has 3 saturated carbocycles. The molecule has 0 bridgehead atoms. The van der Waals surface area contributed by atoms with Crippen molar-refractivity contribution in [2.24, 2.45) is 28.6 Å². The number of halogens is 1. The maximum Gasteiger partial charge on any atom is 0.161 e. The van der Waals surface area contributed by atoms with Gasteiger partial charge in [0.25, 0.3) is 0 Å². The quantitative estimate of drug-likeness (QED) is 0.784. The second kappa shape index (κ2) is 5.25. The number of hydrogen-bond acceptors (Lipinski definition) is 3. The molecule has 0 aromatic rings. The minimum atomic E-state index is -1.38. The van der Waals surface area contributed by atoms with Gasteiger partial charge in [0.1, 0.15) is 11.8 Å². The number of aliphatic hydroxyl groups is 1. The van der Waals surface area contributed by atoms with Gasteiger partial charge in [0.2, 0.25) is 0 Å². The van der Waals surface area contributed by atoms with Gasteiger partial charge < -0.3 is 5.11 Å². The van der Waals surface area contributed by atoms with Crippen molar-refractivity contribution in [2.45, 2.75) is 77.5 Å². The number of rotatable bonds is 1. The van der Waals surface area contributed by atoms with E-state index in [0.717, 1.165) is 31.3 Å². The first-order chi connectivity index (χ1) is 11.6. The molecule has 0 aromatic heterocycles. The Morgan fingerprint density at radius 1 is 1.24 bits per heavy atom. The fourth-order valence-electron chi connectivity index (χ4n) is 7.20. The smallest absolute Gasteiger partial charge is 0.161 e. The number of carbonyl (C=O) groups is 2. The average Bonchev–Trinajstić information content (AvgIpc) is 2.80. The van der Waals surface area contributed by atoms with E-state index in [1.165, 1.54) is 6.92 Å². The Bertz CT molecular complexity index is 670. The molecular weight excluding hydrogens is 319 g/mol. The Morgan fingerprint density at radius 3 is 2.64 bits per heavy atom. The minimum Gasteiger partial charge on any atom is -0.382 e. The fourth-order valence-corrected chi connectivity index (χ4v) is 7.20. The van der Waals surface area contributed by atoms with E-state index in [1.807, 2.05) is 6.92 Å². The van der Waals surface area contributed by atoms with Crippen LogP contribution in [0.25, 0.3) is 0 Å². The van der Waals surface area contributed by atoms with Crippen LogP contribution in [0.3, 0.4) is 0 Å². The van der Waals surface area contributed by atoms with Crippen molar-refractivity contribution >= 4 is 11.6 Å². The van der Waals surface area contributed by atoms with Gasteiger partial charge in [-0.1, -0.05) is 19.4 Å². The van der Waals surface area contributed by atoms with Crippen LogP contribution in [-0.2, 0) is 9.59 Å². The lowest BCUT2D eigenvalue weighted by Gasteiger charge is -2.59. The Hall–Kier alpha value is -1.03. The van der Waals surface area contributed by atoms with Gasteiger partial charge in [-0.2, -0.15) is 0 Å². The molecule has 0 radical (unpaired) electrons. The van der Waals surface area contributed by atoms with Gasteiger partial charge in [0.05, 0.1) is 0 Å². The molecule has 7 atom stereocenters. The predicted molar refractivity (Wildman–Crippen MR) is 92.6 cm³/mol. The third-order valence-electron chi connectivity index (χ3n) is 8.59. The second-order valence-corrected chi connectivity index (χ2v) is 9.48. The van der Waals surface area contributed by atoms with E-state index in [9.17, 15) is 14.7 Å². The lowest BCUT2D eigenvalue weighted by molar-refractivity contribution is -0.170. The predicted octanol–water partition coefficient (Wildman–Crippen LogP) is 3.79. The highest BCUT2D eigenvalue weighted by atomic mass is 19.1. The molecule has 0 saturated heterocycles. The molecule has 4 aliphatic rings. The van der Waals surface area contributed by atoms with E-state index < -0.39 is 17.2 Å². The van der Waals surface area contributed by atoms with E-state index in [0.29, 0.717) is 12.8 Å². The molecule has 0 spiro atoms. The summed E-state index contributed by atoms with van der Waals surface area (Å²) < 4.78 is 15.6. The highest BCUT2D eigenvalue weighted by molar-refractivity contribution is 5.91. The van der Waals surface area contributed by atoms with Gasteiger partial charge in [0.15, 0.2) is 11.6 Å². The van der Waals surface area contributed by atoms with Crippen molar-refractivity contribution in [3.63, 3.8) is 0 Å². The Morgan fingerprint density at radius 2 is 1.96 bits per heavy atom. The third-order valence-corrected chi connectivity index (χ3v) is 8.59. The molecule has 4 rings (SSSR count). The van der Waals surface area contributed by atoms with Gasteiger partial charge in [-0.25, -0.2) is 4.39 Å². The van der Waals surface area contributed by atoms with Gasteiger partial charge in [-0.05, 0) is 68.8 Å². The molecule has 25 heavy (non-hydrogen) atoms. The largest absolute Gasteiger partial charge is 0.382 e. The zero-order valence-corrected chi connectivity index (χ0v) is 15.5. The summed E-state index contributed by atoms with van der Waals surface area (Å²) in [4.78, 5) is 24.1. The molecular formula is C21H29FO3. The van der Waals surface area contributed by atoms with Crippen molar-refractivity contribution in [2.75, 3.05) is 0 Å². The monoisotopic (exact) mass is 348 g/mol. The average molecular weight is 348 g/mol. The van der Waals surface area contributed by atoms with Crippen LogP contribution in [-0.4, -0.2) is 28.4 Å². The molecule has 0 amide bonds. The summed E-state index contributed by atoms with van der Waals surface area (Å²) in [7, 11) is 0. The van der Waals surface area contributed by atoms with Gasteiger partial charge in [-0.3, -0.25) is 9.59 Å². The van der Waals surface area contributed by atoms with Crippen molar-refractivity contribution < 1.29 is 19.1 Å². The summed E-state index contributed by atoms with van der Waals surface area (Å²) in [5, 5.41) is 11.1. The minimum absolute atomic E-state index is 0.0898. The number of fused-ring (bicyclic) bond motifs is 5. The summed E-state index contributed by atoms with van der Waals surface area (Å²) in [6.07, 6.45) is 5.22. The molecule has 0 heterocycles. The van der Waals surface area contributed by atoms with E-state index in [4.69, 9.17) is 0 Å². The fraction of sp³-hybridized carbons (Fsp3) is 0.810. The lowest BCUT2D eigenvalue weighted by Crippen LogP contribution is -2.60. The Kier molecular flexibility index (Phi) is 3.65. The van der Waals surface area contributed by atoms with Crippen molar-refractivity contribution in [1.29, 1.82) is 0 Å². The molecule has 4 heteroatoms. The van der Waals surface area contributed by atoms with Crippen LogP contribution in [0.5, 0.6) is 0 Å². The Labute approximate surface area is 149 Å². The number of carbonyl (C=O) groups excluding carboxylic acids is 2. The number of Topliss-reactive ketones (excluding diaryl/α,β-unsaturated/α-hetero) is 1. The summed E-state index contributed by atoms with van der Waals surface area (Å²) >= 11 is 0. The number of alkyl halides is 1. The van der Waals surface area contributed by atoms with Crippen LogP contribution in [0.1, 0.15) is 65.7 Å². The summed E-state index contributed by atoms with van der Waals surface area (Å²) in [5.74, 6) is 0.252. The van der Waals surface area contributed by atoms with Crippen molar-refractivity contribution in [3.8, 4) is 0 Å². The molecule has 0 aliphatic heterocycles. The van der Waals surface area contributed by atoms with Crippen LogP contribution in [0.2, 0.25) is 0 Å². The maximum atomic E-state index is 15.6. The standard InChI is InChI=1S/C21H29FO3/c1-12(23)21(25)9-7-16-15-5-4-13-10-14(24)6-8-19(13,2)18(15)17(22)11-20(16,21)3/h10,15-18,25H,4-9,11H2,1-3H3/t15-,16-,17?,18+,19-,20-,21-/m0/s1. The second-order valence-electron chi connectivity index (χ2n) is 9.48. The molecule has 1 unspecified atom stereocenters. The van der Waals surface area contributed by atoms with Crippen LogP contribution in [0.15, 0.2) is 11.6 Å². The SMILES string of the molecule is CC(=O)[C@@]1(O)CC[C@H]2[C@@H]3CCC4=CC(=O)CC[C@]4(C)[C@H]3C(F)C[C@@]21C. The van der Waals surface area contributed by atoms with Crippen molar-refractivity contribution in [1.82, 2.24) is 0 Å².